The normalized spacial score (nSPS) is 21.3. The third kappa shape index (κ3) is 5.01. The number of anilines is 2. The standard InChI is InChI=1S/C26H36N4O2/c1-28(24-10-6-7-11-25(24)32-3)17-15-26(31)30-18-20-8-4-5-9-23(20)27-16-14-21-12-13-22(19-30)29(21)2/h4-11,21-22,27H,12-19H2,1-3H3/t21-,22+/m0/s1. The first-order valence-electron chi connectivity index (χ1n) is 11.7. The fourth-order valence-corrected chi connectivity index (χ4v) is 5.06. The number of nitrogens with one attached hydrogen (secondary N) is 1. The van der Waals surface area contributed by atoms with Crippen molar-refractivity contribution in [1.29, 1.82) is 0 Å². The summed E-state index contributed by atoms with van der Waals surface area (Å²) in [7, 11) is 5.93. The predicted octanol–water partition coefficient (Wildman–Crippen LogP) is 3.83. The molecule has 32 heavy (non-hydrogen) atoms. The van der Waals surface area contributed by atoms with Gasteiger partial charge in [-0.3, -0.25) is 9.69 Å². The van der Waals surface area contributed by atoms with Crippen molar-refractivity contribution in [3.8, 4) is 5.75 Å². The van der Waals surface area contributed by atoms with Crippen LogP contribution < -0.4 is 15.0 Å². The Kier molecular flexibility index (Phi) is 7.20. The number of fused-ring (bicyclic) bond motifs is 3. The van der Waals surface area contributed by atoms with Gasteiger partial charge >= 0.3 is 0 Å². The third-order valence-electron chi connectivity index (χ3n) is 7.10. The Morgan fingerprint density at radius 1 is 1.09 bits per heavy atom. The molecule has 1 saturated heterocycles. The summed E-state index contributed by atoms with van der Waals surface area (Å²) in [4.78, 5) is 20.1. The molecule has 172 valence electrons. The number of hydrogen-bond donors (Lipinski definition) is 1. The van der Waals surface area contributed by atoms with E-state index in [0.717, 1.165) is 43.1 Å². The molecular weight excluding hydrogens is 400 g/mol. The molecule has 0 unspecified atom stereocenters. The number of nitrogens with zero attached hydrogens (tertiary/aromatic N) is 3. The summed E-state index contributed by atoms with van der Waals surface area (Å²) in [5.41, 5.74) is 3.35. The van der Waals surface area contributed by atoms with Gasteiger partial charge in [0, 0.05) is 57.4 Å². The first kappa shape index (κ1) is 22.5. The van der Waals surface area contributed by atoms with E-state index >= 15 is 0 Å². The number of ether oxygens (including phenoxy) is 1. The first-order chi connectivity index (χ1) is 15.6. The molecular formula is C26H36N4O2. The highest BCUT2D eigenvalue weighted by molar-refractivity contribution is 5.77. The molecule has 0 aromatic heterocycles. The summed E-state index contributed by atoms with van der Waals surface area (Å²) in [6, 6.07) is 17.4. The van der Waals surface area contributed by atoms with Gasteiger partial charge in [0.15, 0.2) is 0 Å². The number of para-hydroxylation sites is 3. The fraction of sp³-hybridized carbons (Fsp3) is 0.500. The molecule has 0 spiro atoms. The average Bonchev–Trinajstić information content (AvgIpc) is 3.15. The molecule has 6 nitrogen and oxygen atoms in total. The van der Waals surface area contributed by atoms with Crippen LogP contribution in [0.15, 0.2) is 48.5 Å². The van der Waals surface area contributed by atoms with E-state index in [1.54, 1.807) is 7.11 Å². The summed E-state index contributed by atoms with van der Waals surface area (Å²) >= 11 is 0. The minimum absolute atomic E-state index is 0.206. The lowest BCUT2D eigenvalue weighted by atomic mass is 10.1. The number of carbonyl (C=O) groups excluding carboxylic acids is 1. The van der Waals surface area contributed by atoms with Crippen molar-refractivity contribution < 1.29 is 9.53 Å². The number of amides is 1. The highest BCUT2D eigenvalue weighted by Gasteiger charge is 2.33. The molecule has 0 aliphatic carbocycles. The van der Waals surface area contributed by atoms with Crippen LogP contribution in [-0.4, -0.2) is 68.6 Å². The van der Waals surface area contributed by atoms with Gasteiger partial charge in [0.2, 0.25) is 5.91 Å². The van der Waals surface area contributed by atoms with Gasteiger partial charge in [0.1, 0.15) is 5.75 Å². The maximum absolute atomic E-state index is 13.5. The van der Waals surface area contributed by atoms with Crippen LogP contribution in [0.4, 0.5) is 11.4 Å². The van der Waals surface area contributed by atoms with E-state index in [2.05, 4.69) is 51.3 Å². The highest BCUT2D eigenvalue weighted by atomic mass is 16.5. The lowest BCUT2D eigenvalue weighted by Gasteiger charge is -2.31. The summed E-state index contributed by atoms with van der Waals surface area (Å²) in [6.07, 6.45) is 3.99. The predicted molar refractivity (Wildman–Crippen MR) is 130 cm³/mol. The van der Waals surface area contributed by atoms with Crippen LogP contribution in [0.1, 0.15) is 31.2 Å². The maximum atomic E-state index is 13.5. The van der Waals surface area contributed by atoms with Crippen molar-refractivity contribution in [3.05, 3.63) is 54.1 Å². The van der Waals surface area contributed by atoms with Gasteiger partial charge in [-0.25, -0.2) is 0 Å². The molecule has 2 aliphatic heterocycles. The fourth-order valence-electron chi connectivity index (χ4n) is 5.06. The van der Waals surface area contributed by atoms with E-state index in [-0.39, 0.29) is 5.91 Å². The molecule has 2 atom stereocenters. The second-order valence-electron chi connectivity index (χ2n) is 9.04. The van der Waals surface area contributed by atoms with Gasteiger partial charge in [0.25, 0.3) is 0 Å². The highest BCUT2D eigenvalue weighted by Crippen LogP contribution is 2.29. The molecule has 0 saturated carbocycles. The quantitative estimate of drug-likeness (QED) is 0.772. The van der Waals surface area contributed by atoms with E-state index < -0.39 is 0 Å². The molecule has 1 fully saturated rings. The number of hydrogen-bond acceptors (Lipinski definition) is 5. The van der Waals surface area contributed by atoms with Crippen LogP contribution in [0.3, 0.4) is 0 Å². The third-order valence-corrected chi connectivity index (χ3v) is 7.10. The Labute approximate surface area is 192 Å². The number of benzene rings is 2. The van der Waals surface area contributed by atoms with Gasteiger partial charge in [0.05, 0.1) is 12.8 Å². The molecule has 2 heterocycles. The topological polar surface area (TPSA) is 48.1 Å². The summed E-state index contributed by atoms with van der Waals surface area (Å²) in [5.74, 6) is 1.04. The van der Waals surface area contributed by atoms with Gasteiger partial charge in [-0.2, -0.15) is 0 Å². The molecule has 2 aromatic rings. The molecule has 0 radical (unpaired) electrons. The smallest absolute Gasteiger partial charge is 0.224 e. The Morgan fingerprint density at radius 2 is 1.84 bits per heavy atom. The lowest BCUT2D eigenvalue weighted by Crippen LogP contribution is -2.44. The van der Waals surface area contributed by atoms with E-state index in [1.807, 2.05) is 31.3 Å². The molecule has 1 amide bonds. The second-order valence-corrected chi connectivity index (χ2v) is 9.04. The number of methoxy groups -OCH3 is 1. The van der Waals surface area contributed by atoms with Crippen LogP contribution >= 0.6 is 0 Å². The van der Waals surface area contributed by atoms with Crippen molar-refractivity contribution in [2.45, 2.75) is 44.3 Å². The zero-order chi connectivity index (χ0) is 22.5. The maximum Gasteiger partial charge on any atom is 0.224 e. The average molecular weight is 437 g/mol. The molecule has 2 bridgehead atoms. The Hall–Kier alpha value is -2.73. The largest absolute Gasteiger partial charge is 0.495 e. The summed E-state index contributed by atoms with van der Waals surface area (Å²) in [6.45, 7) is 3.06. The Morgan fingerprint density at radius 3 is 2.69 bits per heavy atom. The molecule has 1 N–H and O–H groups in total. The van der Waals surface area contributed by atoms with Crippen LogP contribution in [0.25, 0.3) is 0 Å². The van der Waals surface area contributed by atoms with Crippen molar-refractivity contribution in [2.24, 2.45) is 0 Å². The number of carbonyl (C=O) groups is 1. The molecule has 4 rings (SSSR count). The van der Waals surface area contributed by atoms with Crippen LogP contribution in [0, 0.1) is 0 Å². The van der Waals surface area contributed by atoms with Crippen LogP contribution in [0.5, 0.6) is 5.75 Å². The molecule has 2 aliphatic rings. The van der Waals surface area contributed by atoms with Gasteiger partial charge in [-0.15, -0.1) is 0 Å². The minimum atomic E-state index is 0.206. The summed E-state index contributed by atoms with van der Waals surface area (Å²) in [5, 5.41) is 3.62. The monoisotopic (exact) mass is 436 g/mol. The first-order valence-corrected chi connectivity index (χ1v) is 11.7. The molecule has 2 aromatic carbocycles. The van der Waals surface area contributed by atoms with Crippen LogP contribution in [-0.2, 0) is 11.3 Å². The number of rotatable bonds is 5. The Bertz CT molecular complexity index is 918. The second kappa shape index (κ2) is 10.3. The lowest BCUT2D eigenvalue weighted by molar-refractivity contribution is -0.132. The zero-order valence-corrected chi connectivity index (χ0v) is 19.6. The Balaban J connectivity index is 1.49. The van der Waals surface area contributed by atoms with Crippen molar-refractivity contribution >= 4 is 17.3 Å². The van der Waals surface area contributed by atoms with E-state index in [4.69, 9.17) is 4.74 Å². The van der Waals surface area contributed by atoms with Gasteiger partial charge < -0.3 is 19.9 Å². The zero-order valence-electron chi connectivity index (χ0n) is 19.6. The van der Waals surface area contributed by atoms with Crippen molar-refractivity contribution in [2.75, 3.05) is 51.1 Å². The van der Waals surface area contributed by atoms with Gasteiger partial charge in [-0.05, 0) is 50.1 Å². The van der Waals surface area contributed by atoms with E-state index in [1.165, 1.54) is 12.0 Å². The van der Waals surface area contributed by atoms with Gasteiger partial charge in [-0.1, -0.05) is 30.3 Å². The SMILES string of the molecule is COc1ccccc1N(C)CCC(=O)N1Cc2ccccc2NCC[C@@H]2CC[C@H](C1)N2C. The van der Waals surface area contributed by atoms with Crippen molar-refractivity contribution in [3.63, 3.8) is 0 Å². The number of likely N-dealkylation sites (N-methyl/N-ethyl adjacent to an activating group) is 1. The van der Waals surface area contributed by atoms with E-state index in [0.29, 0.717) is 31.6 Å². The minimum Gasteiger partial charge on any atom is -0.495 e. The molecule has 6 heteroatoms. The van der Waals surface area contributed by atoms with E-state index in [9.17, 15) is 4.79 Å². The summed E-state index contributed by atoms with van der Waals surface area (Å²) < 4.78 is 5.49. The van der Waals surface area contributed by atoms with Crippen LogP contribution in [0.2, 0.25) is 0 Å². The van der Waals surface area contributed by atoms with Crippen molar-refractivity contribution in [1.82, 2.24) is 9.80 Å².